The molecule has 0 radical (unpaired) electrons. The highest BCUT2D eigenvalue weighted by Crippen LogP contribution is 2.40. The molecule has 0 saturated carbocycles. The van der Waals surface area contributed by atoms with E-state index in [9.17, 15) is 111 Å². The van der Waals surface area contributed by atoms with E-state index in [0.29, 0.717) is 14.2 Å². The van der Waals surface area contributed by atoms with Crippen LogP contribution in [0.3, 0.4) is 0 Å². The lowest BCUT2D eigenvalue weighted by Crippen LogP contribution is -2.69. The third kappa shape index (κ3) is 20.1. The maximum Gasteiger partial charge on any atom is 0.397 e. The van der Waals surface area contributed by atoms with E-state index >= 15 is 0 Å². The van der Waals surface area contributed by atoms with E-state index in [1.807, 2.05) is 0 Å². The largest absolute Gasteiger partial charge is 0.479 e. The molecule has 20 atom stereocenters. The molecule has 4 aliphatic heterocycles. The fourth-order valence-electron chi connectivity index (χ4n) is 8.08. The van der Waals surface area contributed by atoms with Gasteiger partial charge in [0.1, 0.15) is 73.2 Å². The van der Waals surface area contributed by atoms with E-state index in [0.717, 1.165) is 21.3 Å². The van der Waals surface area contributed by atoms with Crippen LogP contribution in [0, 0.1) is 0 Å². The molecule has 0 unspecified atom stereocenters. The Balaban J connectivity index is 1.92. The van der Waals surface area contributed by atoms with Gasteiger partial charge in [0, 0.05) is 35.5 Å². The predicted molar refractivity (Wildman–Crippen MR) is 232 cm³/mol. The fourth-order valence-corrected chi connectivity index (χ4v) is 11.1. The smallest absolute Gasteiger partial charge is 0.397 e. The molecule has 4 heterocycles. The van der Waals surface area contributed by atoms with E-state index < -0.39 is 221 Å². The summed E-state index contributed by atoms with van der Waals surface area (Å²) in [5.74, 6) is -4.42. The molecular weight excluding hydrogens is 1280 g/mol. The van der Waals surface area contributed by atoms with E-state index in [4.69, 9.17) is 56.8 Å². The Labute approximate surface area is 451 Å². The van der Waals surface area contributed by atoms with Gasteiger partial charge < -0.3 is 67.1 Å². The van der Waals surface area contributed by atoms with Crippen LogP contribution in [0.5, 0.6) is 0 Å². The number of hydrogen-bond acceptors (Lipinski definition) is 35. The predicted octanol–water partition coefficient (Wildman–Crippen LogP) is -7.50. The van der Waals surface area contributed by atoms with Crippen molar-refractivity contribution in [3.63, 3.8) is 0 Å². The number of methoxy groups -OCH3 is 5. The lowest BCUT2D eigenvalue weighted by molar-refractivity contribution is -0.381. The maximum absolute atomic E-state index is 13.1. The molecule has 0 aromatic heterocycles. The number of aliphatic carboxylic acids is 2. The molecule has 4 rings (SSSR count). The van der Waals surface area contributed by atoms with Crippen LogP contribution in [0.1, 0.15) is 0 Å². The standard InChI is InChI=1S/C29H48O44S7/c1-55-12-14(18(24(30)31)67-27(20(12)57-3)64-10-8(6-60-74(34,35)36)62-26(59-5)22(72-79(49,50)51)15(10)69-76(40,41)42)66-29-23(73-80(52,53)54)16(70-77(43,44)45)11(9(63-29)7-61-75(37,38)39)65-28-21(58-4)13(56-2)17(71-78(46,47)48)19(68-28)25(32)33/h8-23,26-29H,6-7H2,1-5H3,(H,30,31)(H,32,33)(H,34,35,36)(H,37,38,39)(H,40,41,42)(H,43,44,45)(H,46,47,48)(H,49,50,51)(H,52,53,54)/t8-,9-,10-,11-,12+,13+,14+,15+,16+,17+,18-,19-,20-,21-,22-,23-,26-,27-,28-,29+/m1/s1. The number of ether oxygens (including phenoxy) is 12. The number of rotatable bonds is 29. The molecule has 80 heavy (non-hydrogen) atoms. The van der Waals surface area contributed by atoms with Crippen LogP contribution in [0.4, 0.5) is 0 Å². The van der Waals surface area contributed by atoms with E-state index in [2.05, 4.69) is 29.3 Å². The Bertz CT molecular complexity index is 2940. The summed E-state index contributed by atoms with van der Waals surface area (Å²) >= 11 is 0. The first-order valence-corrected chi connectivity index (χ1v) is 30.2. The van der Waals surface area contributed by atoms with Crippen molar-refractivity contribution in [2.75, 3.05) is 48.8 Å². The number of hydrogen-bond donors (Lipinski definition) is 9. The summed E-state index contributed by atoms with van der Waals surface area (Å²) in [7, 11) is -37.2. The monoisotopic (exact) mass is 1320 g/mol. The van der Waals surface area contributed by atoms with Gasteiger partial charge in [-0.05, 0) is 0 Å². The molecule has 4 fully saturated rings. The first-order chi connectivity index (χ1) is 36.4. The molecule has 0 bridgehead atoms. The molecule has 4 saturated heterocycles. The molecular formula is C29H48O44S7. The van der Waals surface area contributed by atoms with E-state index in [1.165, 1.54) is 0 Å². The second-order valence-electron chi connectivity index (χ2n) is 15.8. The quantitative estimate of drug-likeness (QED) is 0.0314. The van der Waals surface area contributed by atoms with Crippen molar-refractivity contribution in [2.45, 2.75) is 123 Å². The van der Waals surface area contributed by atoms with E-state index in [1.54, 1.807) is 0 Å². The van der Waals surface area contributed by atoms with Gasteiger partial charge in [-0.1, -0.05) is 0 Å². The Morgan fingerprint density at radius 2 is 0.600 bits per heavy atom. The lowest BCUT2D eigenvalue weighted by Gasteiger charge is -2.50. The molecule has 51 heteroatoms. The highest BCUT2D eigenvalue weighted by Gasteiger charge is 2.62. The highest BCUT2D eigenvalue weighted by molar-refractivity contribution is 7.82. The third-order valence-corrected chi connectivity index (χ3v) is 14.0. The van der Waals surface area contributed by atoms with Gasteiger partial charge in [-0.15, -0.1) is 0 Å². The topological polar surface area (TPSA) is 631 Å². The van der Waals surface area contributed by atoms with Crippen molar-refractivity contribution in [3.8, 4) is 0 Å². The average molecular weight is 1330 g/mol. The van der Waals surface area contributed by atoms with Gasteiger partial charge in [0.05, 0.1) is 13.2 Å². The molecule has 9 N–H and O–H groups in total. The summed E-state index contributed by atoms with van der Waals surface area (Å²) in [6.45, 7) is -3.30. The van der Waals surface area contributed by atoms with Gasteiger partial charge in [-0.3, -0.25) is 31.9 Å². The Morgan fingerprint density at radius 1 is 0.325 bits per heavy atom. The SMILES string of the molecule is CO[C@@H]1O[C@H](COS(=O)(=O)O)[C@@H](O[C@@H]2O[C@@H](C(=O)O)[C@@H](O[C@@H]3O[C@H](COS(=O)(=O)O)[C@@H](O[C@@H]4O[C@@H](C(=O)O)[C@@H](OS(=O)(=O)O)[C@H](OC)[C@H]4OC)[C@H](OS(=O)(=O)O)[C@H]3OS(=O)(=O)O)[C@H](OC)[C@H]2OC)[C@H](OS(=O)(=O)O)[C@H]1OS(=O)(=O)O. The maximum atomic E-state index is 13.1. The summed E-state index contributed by atoms with van der Waals surface area (Å²) in [5.41, 5.74) is 0. The molecule has 44 nitrogen and oxygen atoms in total. The van der Waals surface area contributed by atoms with Gasteiger partial charge in [-0.2, -0.15) is 58.9 Å². The van der Waals surface area contributed by atoms with Crippen molar-refractivity contribution < 1.29 is 197 Å². The Kier molecular flexibility index (Phi) is 23.9. The average Bonchev–Trinajstić information content (AvgIpc) is 3.28. The van der Waals surface area contributed by atoms with Crippen LogP contribution in [-0.2, 0) is 169 Å². The van der Waals surface area contributed by atoms with Crippen LogP contribution >= 0.6 is 0 Å². The first kappa shape index (κ1) is 70.0. The summed E-state index contributed by atoms with van der Waals surface area (Å²) in [6, 6.07) is 0. The zero-order chi connectivity index (χ0) is 61.1. The summed E-state index contributed by atoms with van der Waals surface area (Å²) in [5, 5.41) is 20.5. The van der Waals surface area contributed by atoms with Crippen LogP contribution in [0.2, 0.25) is 0 Å². The Hall–Kier alpha value is -2.45. The molecule has 0 amide bonds. The zero-order valence-electron chi connectivity index (χ0n) is 40.1. The van der Waals surface area contributed by atoms with Gasteiger partial charge in [-0.25, -0.2) is 38.9 Å². The lowest BCUT2D eigenvalue weighted by atomic mass is 9.95. The normalized spacial score (nSPS) is 36.3. The van der Waals surface area contributed by atoms with Gasteiger partial charge in [0.2, 0.25) is 0 Å². The Morgan fingerprint density at radius 3 is 0.912 bits per heavy atom. The molecule has 0 aliphatic carbocycles. The molecule has 470 valence electrons. The van der Waals surface area contributed by atoms with Crippen molar-refractivity contribution in [3.05, 3.63) is 0 Å². The summed E-state index contributed by atoms with van der Waals surface area (Å²) < 4.78 is 333. The van der Waals surface area contributed by atoms with Crippen LogP contribution in [-0.4, -0.2) is 285 Å². The molecule has 4 aliphatic rings. The van der Waals surface area contributed by atoms with Gasteiger partial charge in [0.25, 0.3) is 0 Å². The number of carboxylic acid groups (broad SMARTS) is 2. The number of carboxylic acids is 2. The second kappa shape index (κ2) is 27.3. The molecule has 0 aromatic rings. The van der Waals surface area contributed by atoms with E-state index in [-0.39, 0.29) is 0 Å². The first-order valence-electron chi connectivity index (χ1n) is 20.6. The minimum Gasteiger partial charge on any atom is -0.479 e. The number of carbonyl (C=O) groups is 2. The van der Waals surface area contributed by atoms with Gasteiger partial charge in [0.15, 0.2) is 49.6 Å². The van der Waals surface area contributed by atoms with Crippen LogP contribution < -0.4 is 0 Å². The molecule has 0 spiro atoms. The summed E-state index contributed by atoms with van der Waals surface area (Å²) in [6.07, 6.45) is -51.8. The third-order valence-electron chi connectivity index (χ3n) is 10.8. The van der Waals surface area contributed by atoms with Crippen molar-refractivity contribution in [1.29, 1.82) is 0 Å². The van der Waals surface area contributed by atoms with Crippen LogP contribution in [0.15, 0.2) is 0 Å². The molecule has 0 aromatic carbocycles. The second-order valence-corrected chi connectivity index (χ2v) is 23.2. The van der Waals surface area contributed by atoms with Crippen molar-refractivity contribution in [1.82, 2.24) is 0 Å². The van der Waals surface area contributed by atoms with Crippen molar-refractivity contribution >= 4 is 84.7 Å². The minimum atomic E-state index is -6.16. The fraction of sp³-hybridized carbons (Fsp3) is 0.931. The zero-order valence-corrected chi connectivity index (χ0v) is 45.8. The highest BCUT2D eigenvalue weighted by atomic mass is 32.3. The van der Waals surface area contributed by atoms with Crippen LogP contribution in [0.25, 0.3) is 0 Å². The van der Waals surface area contributed by atoms with Gasteiger partial charge >= 0.3 is 84.7 Å². The minimum absolute atomic E-state index is 0.703. The van der Waals surface area contributed by atoms with Crippen molar-refractivity contribution in [2.24, 2.45) is 0 Å². The summed E-state index contributed by atoms with van der Waals surface area (Å²) in [4.78, 5) is 25.5.